The van der Waals surface area contributed by atoms with Crippen LogP contribution in [0.4, 0.5) is 0 Å². The van der Waals surface area contributed by atoms with E-state index in [2.05, 4.69) is 5.92 Å². The summed E-state index contributed by atoms with van der Waals surface area (Å²) in [5.74, 6) is 1.41. The molecule has 90 valence electrons. The molecule has 0 aromatic heterocycles. The molecule has 0 heterocycles. The second-order valence-corrected chi connectivity index (χ2v) is 4.56. The van der Waals surface area contributed by atoms with Crippen molar-refractivity contribution in [3.05, 3.63) is 0 Å². The molecule has 0 atom stereocenters. The maximum Gasteiger partial charge on any atom is 0.305 e. The van der Waals surface area contributed by atoms with E-state index in [1.807, 2.05) is 20.8 Å². The van der Waals surface area contributed by atoms with Gasteiger partial charge in [0.25, 0.3) is 0 Å². The summed E-state index contributed by atoms with van der Waals surface area (Å²) in [7, 11) is 0. The van der Waals surface area contributed by atoms with Crippen LogP contribution < -0.4 is 0 Å². The lowest BCUT2D eigenvalue weighted by atomic mass is 10.0. The number of rotatable bonds is 5. The summed E-state index contributed by atoms with van der Waals surface area (Å²) in [4.78, 5) is 23.9. The maximum atomic E-state index is 11.8. The molecule has 0 aliphatic rings. The minimum Gasteiger partial charge on any atom is -0.481 e. The van der Waals surface area contributed by atoms with Crippen LogP contribution in [0.5, 0.6) is 0 Å². The summed E-state index contributed by atoms with van der Waals surface area (Å²) >= 11 is 0. The molecule has 1 amide bonds. The van der Waals surface area contributed by atoms with Crippen LogP contribution >= 0.6 is 0 Å². The third-order valence-corrected chi connectivity index (χ3v) is 2.14. The van der Waals surface area contributed by atoms with Gasteiger partial charge in [-0.1, -0.05) is 0 Å². The van der Waals surface area contributed by atoms with E-state index in [0.717, 1.165) is 0 Å². The molecule has 0 spiro atoms. The molecule has 0 rings (SSSR count). The Kier molecular flexibility index (Phi) is 5.59. The molecular weight excluding hydrogens is 206 g/mol. The molecule has 0 fully saturated rings. The van der Waals surface area contributed by atoms with Crippen LogP contribution in [0.15, 0.2) is 0 Å². The molecule has 0 aromatic rings. The van der Waals surface area contributed by atoms with Gasteiger partial charge in [-0.15, -0.1) is 12.3 Å². The van der Waals surface area contributed by atoms with E-state index in [1.54, 1.807) is 4.90 Å². The van der Waals surface area contributed by atoms with Crippen molar-refractivity contribution in [1.29, 1.82) is 0 Å². The Hall–Kier alpha value is -1.50. The molecule has 0 saturated heterocycles. The fourth-order valence-corrected chi connectivity index (χ4v) is 1.36. The van der Waals surface area contributed by atoms with E-state index in [1.165, 1.54) is 0 Å². The Balaban J connectivity index is 4.50. The first-order valence-corrected chi connectivity index (χ1v) is 5.24. The summed E-state index contributed by atoms with van der Waals surface area (Å²) in [6.45, 7) is 5.86. The van der Waals surface area contributed by atoms with E-state index < -0.39 is 5.97 Å². The van der Waals surface area contributed by atoms with Crippen molar-refractivity contribution in [2.75, 3.05) is 6.54 Å². The highest BCUT2D eigenvalue weighted by molar-refractivity contribution is 5.78. The largest absolute Gasteiger partial charge is 0.481 e. The van der Waals surface area contributed by atoms with E-state index >= 15 is 0 Å². The minimum absolute atomic E-state index is 0.0426. The lowest BCUT2D eigenvalue weighted by molar-refractivity contribution is -0.140. The molecule has 0 unspecified atom stereocenters. The number of carbonyl (C=O) groups is 2. The second-order valence-electron chi connectivity index (χ2n) is 4.56. The molecule has 0 aromatic carbocycles. The third kappa shape index (κ3) is 5.40. The minimum atomic E-state index is -0.904. The number of hydrogen-bond donors (Lipinski definition) is 1. The first-order chi connectivity index (χ1) is 7.29. The summed E-state index contributed by atoms with van der Waals surface area (Å²) in [6, 6.07) is 0. The van der Waals surface area contributed by atoms with Crippen LogP contribution in [0.1, 0.15) is 40.0 Å². The number of carboxylic acids is 1. The lowest BCUT2D eigenvalue weighted by Gasteiger charge is -2.35. The monoisotopic (exact) mass is 225 g/mol. The molecule has 0 bridgehead atoms. The molecule has 0 saturated carbocycles. The Morgan fingerprint density at radius 3 is 2.25 bits per heavy atom. The Labute approximate surface area is 96.6 Å². The molecule has 0 radical (unpaired) electrons. The van der Waals surface area contributed by atoms with E-state index in [4.69, 9.17) is 11.5 Å². The van der Waals surface area contributed by atoms with E-state index in [-0.39, 0.29) is 30.8 Å². The number of carboxylic acid groups (broad SMARTS) is 1. The van der Waals surface area contributed by atoms with Crippen LogP contribution in [0.3, 0.4) is 0 Å². The maximum absolute atomic E-state index is 11.8. The van der Waals surface area contributed by atoms with Crippen LogP contribution in [0, 0.1) is 12.3 Å². The number of hydrogen-bond acceptors (Lipinski definition) is 2. The van der Waals surface area contributed by atoms with Gasteiger partial charge in [0, 0.05) is 24.9 Å². The molecule has 0 aliphatic heterocycles. The highest BCUT2D eigenvalue weighted by Crippen LogP contribution is 2.15. The number of amides is 1. The first kappa shape index (κ1) is 14.5. The van der Waals surface area contributed by atoms with Gasteiger partial charge in [-0.25, -0.2) is 0 Å². The van der Waals surface area contributed by atoms with Crippen molar-refractivity contribution in [2.24, 2.45) is 0 Å². The zero-order chi connectivity index (χ0) is 12.8. The lowest BCUT2D eigenvalue weighted by Crippen LogP contribution is -2.46. The van der Waals surface area contributed by atoms with Crippen molar-refractivity contribution in [3.63, 3.8) is 0 Å². The zero-order valence-corrected chi connectivity index (χ0v) is 10.1. The number of carbonyl (C=O) groups excluding carboxylic acids is 1. The molecule has 1 N–H and O–H groups in total. The predicted octanol–water partition coefficient (Wildman–Crippen LogP) is 1.50. The standard InChI is InChI=1S/C12H19NO3/c1-5-6-7-10(14)13(12(2,3)4)9-8-11(15)16/h1H,6-9H2,2-4H3,(H,15,16). The second kappa shape index (κ2) is 6.16. The summed E-state index contributed by atoms with van der Waals surface area (Å²) < 4.78 is 0. The van der Waals surface area contributed by atoms with Gasteiger partial charge in [-0.2, -0.15) is 0 Å². The SMILES string of the molecule is C#CCCC(=O)N(CCC(=O)O)C(C)(C)C. The molecule has 4 nitrogen and oxygen atoms in total. The van der Waals surface area contributed by atoms with Crippen LogP contribution in [0.25, 0.3) is 0 Å². The Morgan fingerprint density at radius 1 is 1.31 bits per heavy atom. The van der Waals surface area contributed by atoms with Crippen LogP contribution in [0.2, 0.25) is 0 Å². The molecule has 4 heteroatoms. The number of nitrogens with zero attached hydrogens (tertiary/aromatic N) is 1. The molecule has 0 aliphatic carbocycles. The average molecular weight is 225 g/mol. The van der Waals surface area contributed by atoms with E-state index in [9.17, 15) is 9.59 Å². The summed E-state index contributed by atoms with van der Waals surface area (Å²) in [5.41, 5.74) is -0.374. The van der Waals surface area contributed by atoms with Crippen molar-refractivity contribution in [2.45, 2.75) is 45.6 Å². The smallest absolute Gasteiger partial charge is 0.305 e. The topological polar surface area (TPSA) is 57.6 Å². The van der Waals surface area contributed by atoms with Crippen molar-refractivity contribution in [3.8, 4) is 12.3 Å². The van der Waals surface area contributed by atoms with Crippen molar-refractivity contribution in [1.82, 2.24) is 4.90 Å². The van der Waals surface area contributed by atoms with Gasteiger partial charge in [-0.3, -0.25) is 9.59 Å². The predicted molar refractivity (Wildman–Crippen MR) is 61.8 cm³/mol. The van der Waals surface area contributed by atoms with Gasteiger partial charge in [-0.05, 0) is 20.8 Å². The Morgan fingerprint density at radius 2 is 1.88 bits per heavy atom. The Bertz CT molecular complexity index is 296. The molecule has 16 heavy (non-hydrogen) atoms. The first-order valence-electron chi connectivity index (χ1n) is 5.24. The van der Waals surface area contributed by atoms with E-state index in [0.29, 0.717) is 6.42 Å². The van der Waals surface area contributed by atoms with Gasteiger partial charge < -0.3 is 10.0 Å². The van der Waals surface area contributed by atoms with Gasteiger partial charge in [0.2, 0.25) is 5.91 Å². The molecular formula is C12H19NO3. The normalized spacial score (nSPS) is 10.6. The zero-order valence-electron chi connectivity index (χ0n) is 10.1. The summed E-state index contributed by atoms with van der Waals surface area (Å²) in [5, 5.41) is 8.62. The van der Waals surface area contributed by atoms with Gasteiger partial charge in [0.15, 0.2) is 0 Å². The average Bonchev–Trinajstić information content (AvgIpc) is 2.12. The van der Waals surface area contributed by atoms with Crippen LogP contribution in [-0.4, -0.2) is 34.0 Å². The number of aliphatic carboxylic acids is 1. The highest BCUT2D eigenvalue weighted by atomic mass is 16.4. The van der Waals surface area contributed by atoms with Gasteiger partial charge in [0.1, 0.15) is 0 Å². The van der Waals surface area contributed by atoms with Crippen LogP contribution in [-0.2, 0) is 9.59 Å². The van der Waals surface area contributed by atoms with Gasteiger partial charge >= 0.3 is 5.97 Å². The number of terminal acetylenes is 1. The van der Waals surface area contributed by atoms with Crippen molar-refractivity contribution < 1.29 is 14.7 Å². The highest BCUT2D eigenvalue weighted by Gasteiger charge is 2.25. The fraction of sp³-hybridized carbons (Fsp3) is 0.667. The quantitative estimate of drug-likeness (QED) is 0.721. The fourth-order valence-electron chi connectivity index (χ4n) is 1.36. The third-order valence-electron chi connectivity index (χ3n) is 2.14. The van der Waals surface area contributed by atoms with Gasteiger partial charge in [0.05, 0.1) is 6.42 Å². The summed E-state index contributed by atoms with van der Waals surface area (Å²) in [6.07, 6.45) is 5.71. The van der Waals surface area contributed by atoms with Crippen molar-refractivity contribution >= 4 is 11.9 Å².